The second kappa shape index (κ2) is 4.59. The molecule has 1 nitrogen and oxygen atoms in total. The molecule has 1 atom stereocenters. The van der Waals surface area contributed by atoms with Crippen LogP contribution in [0.3, 0.4) is 0 Å². The topological polar surface area (TPSA) is 26.0 Å². The number of nitrogens with two attached hydrogens (primary N) is 1. The standard InChI is InChI=1S/C19H27N/c1-13-4-2-3-5-17(13)18(20)12-19-9-14-6-15(10-19)8-16(7-14)11-19/h2-5,14-16,18H,6-12,20H2,1H3. The van der Waals surface area contributed by atoms with Gasteiger partial charge in [0, 0.05) is 6.04 Å². The highest BCUT2D eigenvalue weighted by atomic mass is 14.7. The van der Waals surface area contributed by atoms with E-state index in [9.17, 15) is 0 Å². The van der Waals surface area contributed by atoms with E-state index in [1.54, 1.807) is 0 Å². The van der Waals surface area contributed by atoms with Crippen LogP contribution in [0.5, 0.6) is 0 Å². The molecule has 1 unspecified atom stereocenters. The van der Waals surface area contributed by atoms with Crippen molar-refractivity contribution in [3.05, 3.63) is 35.4 Å². The fraction of sp³-hybridized carbons (Fsp3) is 0.684. The second-order valence-corrected chi connectivity index (χ2v) is 8.08. The van der Waals surface area contributed by atoms with E-state index in [1.165, 1.54) is 56.1 Å². The number of hydrogen-bond acceptors (Lipinski definition) is 1. The van der Waals surface area contributed by atoms with Crippen LogP contribution in [0.15, 0.2) is 24.3 Å². The Labute approximate surface area is 122 Å². The van der Waals surface area contributed by atoms with Gasteiger partial charge in [0.15, 0.2) is 0 Å². The summed E-state index contributed by atoms with van der Waals surface area (Å²) < 4.78 is 0. The van der Waals surface area contributed by atoms with Gasteiger partial charge in [-0.3, -0.25) is 0 Å². The van der Waals surface area contributed by atoms with Crippen LogP contribution in [0.1, 0.15) is 62.1 Å². The lowest BCUT2D eigenvalue weighted by molar-refractivity contribution is -0.0605. The summed E-state index contributed by atoms with van der Waals surface area (Å²) in [6.07, 6.45) is 10.2. The Morgan fingerprint density at radius 1 is 1.05 bits per heavy atom. The van der Waals surface area contributed by atoms with Gasteiger partial charge in [0.2, 0.25) is 0 Å². The molecule has 0 amide bonds. The van der Waals surface area contributed by atoms with E-state index < -0.39 is 0 Å². The quantitative estimate of drug-likeness (QED) is 0.852. The Hall–Kier alpha value is -0.820. The maximum absolute atomic E-state index is 6.62. The molecule has 1 aromatic carbocycles. The summed E-state index contributed by atoms with van der Waals surface area (Å²) in [5, 5.41) is 0. The van der Waals surface area contributed by atoms with Crippen LogP contribution in [0, 0.1) is 30.1 Å². The lowest BCUT2D eigenvalue weighted by Gasteiger charge is -2.57. The molecule has 108 valence electrons. The van der Waals surface area contributed by atoms with E-state index >= 15 is 0 Å². The van der Waals surface area contributed by atoms with Gasteiger partial charge < -0.3 is 5.73 Å². The van der Waals surface area contributed by atoms with Crippen molar-refractivity contribution in [1.82, 2.24) is 0 Å². The average molecular weight is 269 g/mol. The zero-order chi connectivity index (χ0) is 13.7. The predicted octanol–water partition coefficient (Wildman–Crippen LogP) is 4.60. The summed E-state index contributed by atoms with van der Waals surface area (Å²) in [4.78, 5) is 0. The molecule has 4 fully saturated rings. The third-order valence-corrected chi connectivity index (χ3v) is 6.41. The van der Waals surface area contributed by atoms with Crippen molar-refractivity contribution in [2.24, 2.45) is 28.9 Å². The van der Waals surface area contributed by atoms with Gasteiger partial charge >= 0.3 is 0 Å². The minimum absolute atomic E-state index is 0.243. The zero-order valence-electron chi connectivity index (χ0n) is 12.6. The van der Waals surface area contributed by atoms with E-state index in [0.717, 1.165) is 17.8 Å². The van der Waals surface area contributed by atoms with Crippen molar-refractivity contribution in [2.75, 3.05) is 0 Å². The monoisotopic (exact) mass is 269 g/mol. The molecule has 0 saturated heterocycles. The molecule has 4 aliphatic rings. The SMILES string of the molecule is Cc1ccccc1C(N)CC12CC3CC(CC(C3)C1)C2. The first kappa shape index (κ1) is 12.9. The van der Waals surface area contributed by atoms with Crippen LogP contribution >= 0.6 is 0 Å². The minimum Gasteiger partial charge on any atom is -0.324 e. The maximum Gasteiger partial charge on any atom is 0.0302 e. The van der Waals surface area contributed by atoms with Gasteiger partial charge in [0.05, 0.1) is 0 Å². The molecular weight excluding hydrogens is 242 g/mol. The molecule has 1 aromatic rings. The highest BCUT2D eigenvalue weighted by Gasteiger charge is 2.51. The van der Waals surface area contributed by atoms with Gasteiger partial charge in [-0.25, -0.2) is 0 Å². The van der Waals surface area contributed by atoms with Crippen molar-refractivity contribution < 1.29 is 0 Å². The summed E-state index contributed by atoms with van der Waals surface area (Å²) in [7, 11) is 0. The van der Waals surface area contributed by atoms with Gasteiger partial charge in [0.25, 0.3) is 0 Å². The van der Waals surface area contributed by atoms with Crippen LogP contribution in [0.2, 0.25) is 0 Å². The van der Waals surface area contributed by atoms with Crippen molar-refractivity contribution >= 4 is 0 Å². The van der Waals surface area contributed by atoms with Crippen LogP contribution in [-0.4, -0.2) is 0 Å². The highest BCUT2D eigenvalue weighted by molar-refractivity contribution is 5.28. The fourth-order valence-corrected chi connectivity index (χ4v) is 6.12. The predicted molar refractivity (Wildman–Crippen MR) is 83.3 cm³/mol. The fourth-order valence-electron chi connectivity index (χ4n) is 6.12. The smallest absolute Gasteiger partial charge is 0.0302 e. The summed E-state index contributed by atoms with van der Waals surface area (Å²) in [6, 6.07) is 8.94. The number of rotatable bonds is 3. The van der Waals surface area contributed by atoms with E-state index in [2.05, 4.69) is 31.2 Å². The molecular formula is C19H27N. The van der Waals surface area contributed by atoms with Crippen LogP contribution in [0.25, 0.3) is 0 Å². The molecule has 20 heavy (non-hydrogen) atoms. The van der Waals surface area contributed by atoms with Gasteiger partial charge in [-0.1, -0.05) is 24.3 Å². The minimum atomic E-state index is 0.243. The lowest BCUT2D eigenvalue weighted by Crippen LogP contribution is -2.47. The summed E-state index contributed by atoms with van der Waals surface area (Å²) in [5.74, 6) is 3.10. The van der Waals surface area contributed by atoms with Gasteiger partial charge in [0.1, 0.15) is 0 Å². The van der Waals surface area contributed by atoms with E-state index in [-0.39, 0.29) is 6.04 Å². The Balaban J connectivity index is 1.55. The zero-order valence-corrected chi connectivity index (χ0v) is 12.6. The average Bonchev–Trinajstić information content (AvgIpc) is 2.36. The van der Waals surface area contributed by atoms with Gasteiger partial charge in [-0.05, 0) is 86.2 Å². The lowest BCUT2D eigenvalue weighted by atomic mass is 9.48. The van der Waals surface area contributed by atoms with Crippen molar-refractivity contribution in [2.45, 2.75) is 57.9 Å². The molecule has 2 N–H and O–H groups in total. The first-order chi connectivity index (χ1) is 9.63. The van der Waals surface area contributed by atoms with Crippen LogP contribution in [-0.2, 0) is 0 Å². The van der Waals surface area contributed by atoms with E-state index in [1.807, 2.05) is 0 Å². The summed E-state index contributed by atoms with van der Waals surface area (Å²) in [5.41, 5.74) is 9.95. The Morgan fingerprint density at radius 2 is 1.60 bits per heavy atom. The van der Waals surface area contributed by atoms with E-state index in [4.69, 9.17) is 5.73 Å². The Bertz CT molecular complexity index is 469. The number of aryl methyl sites for hydroxylation is 1. The Morgan fingerprint density at radius 3 is 2.15 bits per heavy atom. The molecule has 4 aliphatic carbocycles. The molecule has 0 aromatic heterocycles. The first-order valence-corrected chi connectivity index (χ1v) is 8.45. The number of benzene rings is 1. The maximum atomic E-state index is 6.62. The van der Waals surface area contributed by atoms with Crippen LogP contribution < -0.4 is 5.73 Å². The third kappa shape index (κ3) is 2.11. The molecule has 4 saturated carbocycles. The van der Waals surface area contributed by atoms with Gasteiger partial charge in [-0.15, -0.1) is 0 Å². The molecule has 5 rings (SSSR count). The van der Waals surface area contributed by atoms with Crippen molar-refractivity contribution in [1.29, 1.82) is 0 Å². The molecule has 0 aliphatic heterocycles. The molecule has 0 radical (unpaired) electrons. The van der Waals surface area contributed by atoms with Crippen molar-refractivity contribution in [3.8, 4) is 0 Å². The molecule has 1 heteroatoms. The summed E-state index contributed by atoms with van der Waals surface area (Å²) >= 11 is 0. The molecule has 0 heterocycles. The summed E-state index contributed by atoms with van der Waals surface area (Å²) in [6.45, 7) is 2.20. The third-order valence-electron chi connectivity index (χ3n) is 6.41. The normalized spacial score (nSPS) is 40.0. The first-order valence-electron chi connectivity index (χ1n) is 8.45. The molecule has 0 spiro atoms. The highest BCUT2D eigenvalue weighted by Crippen LogP contribution is 2.62. The van der Waals surface area contributed by atoms with Crippen LogP contribution in [0.4, 0.5) is 0 Å². The number of hydrogen-bond donors (Lipinski definition) is 1. The second-order valence-electron chi connectivity index (χ2n) is 8.08. The molecule has 4 bridgehead atoms. The van der Waals surface area contributed by atoms with E-state index in [0.29, 0.717) is 5.41 Å². The van der Waals surface area contributed by atoms with Crippen molar-refractivity contribution in [3.63, 3.8) is 0 Å². The van der Waals surface area contributed by atoms with Gasteiger partial charge in [-0.2, -0.15) is 0 Å². The Kier molecular flexibility index (Phi) is 2.96. The largest absolute Gasteiger partial charge is 0.324 e.